The van der Waals surface area contributed by atoms with Gasteiger partial charge in [0, 0.05) is 12.2 Å². The Balaban J connectivity index is 1.65. The van der Waals surface area contributed by atoms with Crippen LogP contribution in [0.4, 0.5) is 10.1 Å². The maximum Gasteiger partial charge on any atom is 0.234 e. The van der Waals surface area contributed by atoms with E-state index in [1.54, 1.807) is 12.1 Å². The molecule has 0 spiro atoms. The minimum atomic E-state index is -0.374. The summed E-state index contributed by atoms with van der Waals surface area (Å²) in [4.78, 5) is 12.5. The molecule has 1 N–H and O–H groups in total. The molecule has 158 valence electrons. The molecule has 3 rings (SSSR count). The summed E-state index contributed by atoms with van der Waals surface area (Å²) in [6, 6.07) is 11.8. The van der Waals surface area contributed by atoms with Gasteiger partial charge in [0.25, 0.3) is 0 Å². The fourth-order valence-corrected chi connectivity index (χ4v) is 3.90. The number of hydrogen-bond donors (Lipinski definition) is 1. The van der Waals surface area contributed by atoms with Crippen LogP contribution in [0, 0.1) is 19.7 Å². The topological polar surface area (TPSA) is 69.0 Å². The maximum atomic E-state index is 13.1. The van der Waals surface area contributed by atoms with Crippen LogP contribution in [0.1, 0.15) is 36.9 Å². The number of para-hydroxylation sites is 1. The molecule has 0 aliphatic carbocycles. The van der Waals surface area contributed by atoms with Crippen molar-refractivity contribution in [2.45, 2.75) is 45.5 Å². The van der Waals surface area contributed by atoms with Crippen molar-refractivity contribution in [2.75, 3.05) is 11.1 Å². The standard InChI is InChI=1S/C22H25FN4O2S/c1-5-27-21(16(4)29-18-11-9-17(23)10-12-18)25-26-22(27)30-13-19(28)24-20-14(2)7-6-8-15(20)3/h6-12,16H,5,13H2,1-4H3,(H,24,28). The molecule has 8 heteroatoms. The molecule has 1 heterocycles. The van der Waals surface area contributed by atoms with Crippen LogP contribution in [0.3, 0.4) is 0 Å². The number of hydrogen-bond acceptors (Lipinski definition) is 5. The van der Waals surface area contributed by atoms with Crippen molar-refractivity contribution in [1.82, 2.24) is 14.8 Å². The van der Waals surface area contributed by atoms with Gasteiger partial charge in [-0.3, -0.25) is 4.79 Å². The summed E-state index contributed by atoms with van der Waals surface area (Å²) in [6.07, 6.45) is -0.374. The van der Waals surface area contributed by atoms with Gasteiger partial charge in [-0.15, -0.1) is 10.2 Å². The molecule has 0 radical (unpaired) electrons. The number of carbonyl (C=O) groups is 1. The molecule has 1 unspecified atom stereocenters. The molecule has 0 aliphatic rings. The van der Waals surface area contributed by atoms with E-state index in [0.29, 0.717) is 23.3 Å². The highest BCUT2D eigenvalue weighted by Crippen LogP contribution is 2.25. The van der Waals surface area contributed by atoms with Crippen LogP contribution in [-0.4, -0.2) is 26.4 Å². The van der Waals surface area contributed by atoms with Gasteiger partial charge >= 0.3 is 0 Å². The van der Waals surface area contributed by atoms with E-state index in [4.69, 9.17) is 4.74 Å². The molecule has 0 fully saturated rings. The van der Waals surface area contributed by atoms with E-state index < -0.39 is 0 Å². The van der Waals surface area contributed by atoms with E-state index in [-0.39, 0.29) is 23.6 Å². The zero-order valence-electron chi connectivity index (χ0n) is 17.5. The lowest BCUT2D eigenvalue weighted by Gasteiger charge is -2.15. The molecule has 1 amide bonds. The summed E-state index contributed by atoms with van der Waals surface area (Å²) in [7, 11) is 0. The molecule has 0 saturated carbocycles. The van der Waals surface area contributed by atoms with Gasteiger partial charge < -0.3 is 14.6 Å². The van der Waals surface area contributed by atoms with E-state index in [1.165, 1.54) is 23.9 Å². The quantitative estimate of drug-likeness (QED) is 0.516. The number of nitrogens with one attached hydrogen (secondary N) is 1. The fourth-order valence-electron chi connectivity index (χ4n) is 3.09. The molecule has 3 aromatic rings. The third kappa shape index (κ3) is 5.18. The van der Waals surface area contributed by atoms with Crippen molar-refractivity contribution in [3.63, 3.8) is 0 Å². The second-order valence-electron chi connectivity index (χ2n) is 6.90. The number of thioether (sulfide) groups is 1. The predicted octanol–water partition coefficient (Wildman–Crippen LogP) is 4.92. The fraction of sp³-hybridized carbons (Fsp3) is 0.318. The first-order valence-electron chi connectivity index (χ1n) is 9.73. The van der Waals surface area contributed by atoms with Gasteiger partial charge in [0.15, 0.2) is 17.1 Å². The van der Waals surface area contributed by atoms with E-state index in [1.807, 2.05) is 50.5 Å². The van der Waals surface area contributed by atoms with Crippen molar-refractivity contribution >= 4 is 23.4 Å². The summed E-state index contributed by atoms with van der Waals surface area (Å²) in [5, 5.41) is 12.1. The first kappa shape index (κ1) is 21.8. The summed E-state index contributed by atoms with van der Waals surface area (Å²) < 4.78 is 20.9. The smallest absolute Gasteiger partial charge is 0.234 e. The number of aryl methyl sites for hydroxylation is 2. The van der Waals surface area contributed by atoms with E-state index in [2.05, 4.69) is 15.5 Å². The van der Waals surface area contributed by atoms with Crippen LogP contribution in [0.15, 0.2) is 47.6 Å². The summed E-state index contributed by atoms with van der Waals surface area (Å²) >= 11 is 1.33. The Morgan fingerprint density at radius 3 is 2.47 bits per heavy atom. The Morgan fingerprint density at radius 1 is 1.17 bits per heavy atom. The van der Waals surface area contributed by atoms with Crippen molar-refractivity contribution in [3.05, 3.63) is 65.2 Å². The van der Waals surface area contributed by atoms with Crippen LogP contribution in [0.2, 0.25) is 0 Å². The predicted molar refractivity (Wildman–Crippen MR) is 116 cm³/mol. The molecule has 0 aliphatic heterocycles. The molecule has 6 nitrogen and oxygen atoms in total. The van der Waals surface area contributed by atoms with Crippen LogP contribution < -0.4 is 10.1 Å². The Kier molecular flexibility index (Phi) is 7.10. The Labute approximate surface area is 179 Å². The number of nitrogens with zero attached hydrogens (tertiary/aromatic N) is 3. The Bertz CT molecular complexity index is 1000. The number of anilines is 1. The zero-order valence-corrected chi connectivity index (χ0v) is 18.3. The third-order valence-corrected chi connectivity index (χ3v) is 5.60. The van der Waals surface area contributed by atoms with Crippen molar-refractivity contribution in [1.29, 1.82) is 0 Å². The molecular weight excluding hydrogens is 403 g/mol. The first-order chi connectivity index (χ1) is 14.4. The van der Waals surface area contributed by atoms with Crippen molar-refractivity contribution in [3.8, 4) is 5.75 Å². The molecule has 2 aromatic carbocycles. The van der Waals surface area contributed by atoms with Gasteiger partial charge in [-0.1, -0.05) is 30.0 Å². The number of halogens is 1. The third-order valence-electron chi connectivity index (χ3n) is 4.63. The minimum Gasteiger partial charge on any atom is -0.483 e. The van der Waals surface area contributed by atoms with Gasteiger partial charge in [-0.2, -0.15) is 0 Å². The number of ether oxygens (including phenoxy) is 1. The highest BCUT2D eigenvalue weighted by atomic mass is 32.2. The average Bonchev–Trinajstić information content (AvgIpc) is 3.14. The molecule has 0 saturated heterocycles. The number of amides is 1. The second kappa shape index (κ2) is 9.75. The number of rotatable bonds is 8. The summed E-state index contributed by atoms with van der Waals surface area (Å²) in [6.45, 7) is 8.43. The van der Waals surface area contributed by atoms with Crippen LogP contribution in [0.5, 0.6) is 5.75 Å². The van der Waals surface area contributed by atoms with Crippen LogP contribution in [0.25, 0.3) is 0 Å². The number of benzene rings is 2. The second-order valence-corrected chi connectivity index (χ2v) is 7.85. The molecule has 1 aromatic heterocycles. The Morgan fingerprint density at radius 2 is 1.83 bits per heavy atom. The van der Waals surface area contributed by atoms with Gasteiger partial charge in [0.1, 0.15) is 11.6 Å². The lowest BCUT2D eigenvalue weighted by atomic mass is 10.1. The molecule has 1 atom stereocenters. The van der Waals surface area contributed by atoms with Crippen LogP contribution >= 0.6 is 11.8 Å². The monoisotopic (exact) mass is 428 g/mol. The lowest BCUT2D eigenvalue weighted by molar-refractivity contribution is -0.113. The maximum absolute atomic E-state index is 13.1. The molecule has 30 heavy (non-hydrogen) atoms. The minimum absolute atomic E-state index is 0.0970. The summed E-state index contributed by atoms with van der Waals surface area (Å²) in [5.41, 5.74) is 2.90. The van der Waals surface area contributed by atoms with Gasteiger partial charge in [-0.25, -0.2) is 4.39 Å². The van der Waals surface area contributed by atoms with Gasteiger partial charge in [-0.05, 0) is 63.1 Å². The normalized spacial score (nSPS) is 11.9. The summed E-state index contributed by atoms with van der Waals surface area (Å²) in [5.74, 6) is 1.01. The molecule has 0 bridgehead atoms. The Hall–Kier alpha value is -2.87. The average molecular weight is 429 g/mol. The number of carbonyl (C=O) groups excluding carboxylic acids is 1. The number of aromatic nitrogens is 3. The lowest BCUT2D eigenvalue weighted by Crippen LogP contribution is -2.16. The molecular formula is C22H25FN4O2S. The first-order valence-corrected chi connectivity index (χ1v) is 10.7. The highest BCUT2D eigenvalue weighted by Gasteiger charge is 2.19. The van der Waals surface area contributed by atoms with Crippen molar-refractivity contribution < 1.29 is 13.9 Å². The van der Waals surface area contributed by atoms with E-state index in [0.717, 1.165) is 16.8 Å². The zero-order chi connectivity index (χ0) is 21.7. The van der Waals surface area contributed by atoms with Crippen molar-refractivity contribution in [2.24, 2.45) is 0 Å². The van der Waals surface area contributed by atoms with Crippen LogP contribution in [-0.2, 0) is 11.3 Å². The van der Waals surface area contributed by atoms with Gasteiger partial charge in [0.2, 0.25) is 5.91 Å². The van der Waals surface area contributed by atoms with E-state index >= 15 is 0 Å². The largest absolute Gasteiger partial charge is 0.483 e. The SMILES string of the molecule is CCn1c(SCC(=O)Nc2c(C)cccc2C)nnc1C(C)Oc1ccc(F)cc1. The highest BCUT2D eigenvalue weighted by molar-refractivity contribution is 7.99. The van der Waals surface area contributed by atoms with Gasteiger partial charge in [0.05, 0.1) is 5.75 Å². The van der Waals surface area contributed by atoms with E-state index in [9.17, 15) is 9.18 Å².